The number of nitrogens with one attached hydrogen (secondary N) is 1. The fourth-order valence-electron chi connectivity index (χ4n) is 4.05. The minimum Gasteiger partial charge on any atom is -0.369 e. The first kappa shape index (κ1) is 24.4. The largest absolute Gasteiger partial charge is 0.369 e. The number of para-hydroxylation sites is 1. The van der Waals surface area contributed by atoms with Crippen LogP contribution in [0.4, 0.5) is 26.1 Å². The third-order valence-electron chi connectivity index (χ3n) is 6.01. The highest BCUT2D eigenvalue weighted by molar-refractivity contribution is 6.37. The average Bonchev–Trinajstić information content (AvgIpc) is 2.86. The van der Waals surface area contributed by atoms with Gasteiger partial charge in [-0.15, -0.1) is 0 Å². The van der Waals surface area contributed by atoms with Crippen molar-refractivity contribution in [3.05, 3.63) is 74.8 Å². The van der Waals surface area contributed by atoms with Gasteiger partial charge in [0.15, 0.2) is 5.69 Å². The molecule has 1 N–H and O–H groups in total. The van der Waals surface area contributed by atoms with Crippen molar-refractivity contribution >= 4 is 51.4 Å². The molecule has 5 rings (SSSR count). The maximum atomic E-state index is 14.0. The zero-order valence-electron chi connectivity index (χ0n) is 19.1. The summed E-state index contributed by atoms with van der Waals surface area (Å²) in [5.41, 5.74) is 0.133. The van der Waals surface area contributed by atoms with E-state index in [1.807, 2.05) is 24.3 Å². The number of piperazine rings is 1. The fourth-order valence-corrected chi connectivity index (χ4v) is 4.61. The van der Waals surface area contributed by atoms with E-state index in [0.717, 1.165) is 36.5 Å². The number of benzene rings is 2. The van der Waals surface area contributed by atoms with Crippen molar-refractivity contribution in [2.75, 3.05) is 43.4 Å². The monoisotopic (exact) mass is 531 g/mol. The van der Waals surface area contributed by atoms with E-state index in [4.69, 9.17) is 23.2 Å². The topological polar surface area (TPSA) is 79.2 Å². The van der Waals surface area contributed by atoms with Crippen LogP contribution in [0.3, 0.4) is 0 Å². The highest BCUT2D eigenvalue weighted by Gasteiger charge is 2.23. The van der Waals surface area contributed by atoms with E-state index in [1.54, 1.807) is 6.07 Å². The van der Waals surface area contributed by atoms with Gasteiger partial charge in [-0.1, -0.05) is 29.3 Å². The number of hydrogen-bond acceptors (Lipinski definition) is 7. The fraction of sp³-hybridized carbons (Fsp3) is 0.250. The van der Waals surface area contributed by atoms with Crippen LogP contribution in [0.2, 0.25) is 10.0 Å². The molecule has 3 heterocycles. The predicted molar refractivity (Wildman–Crippen MR) is 137 cm³/mol. The molecular weight excluding hydrogens is 511 g/mol. The van der Waals surface area contributed by atoms with Crippen molar-refractivity contribution < 1.29 is 8.78 Å². The highest BCUT2D eigenvalue weighted by Crippen LogP contribution is 2.30. The molecule has 0 radical (unpaired) electrons. The van der Waals surface area contributed by atoms with Crippen molar-refractivity contribution in [3.63, 3.8) is 0 Å². The Hall–Kier alpha value is -3.34. The third-order valence-corrected chi connectivity index (χ3v) is 6.62. The minimum atomic E-state index is -3.01. The van der Waals surface area contributed by atoms with Gasteiger partial charge in [0.05, 0.1) is 15.4 Å². The van der Waals surface area contributed by atoms with Crippen molar-refractivity contribution in [3.8, 4) is 5.69 Å². The lowest BCUT2D eigenvalue weighted by molar-refractivity contribution is 0.145. The first-order chi connectivity index (χ1) is 17.3. The lowest BCUT2D eigenvalue weighted by Crippen LogP contribution is -2.44. The minimum absolute atomic E-state index is 0.0114. The van der Waals surface area contributed by atoms with Gasteiger partial charge in [0.2, 0.25) is 5.95 Å². The van der Waals surface area contributed by atoms with Crippen LogP contribution in [0, 0.1) is 0 Å². The molecule has 2 aromatic carbocycles. The Morgan fingerprint density at radius 2 is 1.67 bits per heavy atom. The molecule has 186 valence electrons. The number of nitrogens with zero attached hydrogens (tertiary/aromatic N) is 6. The molecule has 1 saturated heterocycles. The smallest absolute Gasteiger partial charge is 0.284 e. The molecule has 0 aliphatic carbocycles. The van der Waals surface area contributed by atoms with Crippen molar-refractivity contribution in [1.82, 2.24) is 24.6 Å². The summed E-state index contributed by atoms with van der Waals surface area (Å²) in [4.78, 5) is 26.1. The van der Waals surface area contributed by atoms with Crippen LogP contribution >= 0.6 is 23.2 Å². The molecule has 12 heteroatoms. The SMILES string of the molecule is CN1CCN(c2ccc(Nc3ncc4c(=O)n(-c5c(Cl)cccc5Cl)nc(C(F)F)c4n3)cc2)CC1. The Bertz CT molecular complexity index is 1450. The van der Waals surface area contributed by atoms with Crippen molar-refractivity contribution in [2.45, 2.75) is 6.43 Å². The zero-order chi connectivity index (χ0) is 25.4. The maximum Gasteiger partial charge on any atom is 0.284 e. The van der Waals surface area contributed by atoms with Gasteiger partial charge < -0.3 is 15.1 Å². The van der Waals surface area contributed by atoms with Gasteiger partial charge >= 0.3 is 0 Å². The number of anilines is 3. The summed E-state index contributed by atoms with van der Waals surface area (Å²) in [5, 5.41) is 6.93. The van der Waals surface area contributed by atoms with Crippen LogP contribution in [-0.2, 0) is 0 Å². The summed E-state index contributed by atoms with van der Waals surface area (Å²) in [6.07, 6.45) is -1.81. The summed E-state index contributed by atoms with van der Waals surface area (Å²) in [7, 11) is 2.10. The van der Waals surface area contributed by atoms with E-state index in [0.29, 0.717) is 5.69 Å². The maximum absolute atomic E-state index is 14.0. The van der Waals surface area contributed by atoms with E-state index in [1.165, 1.54) is 18.3 Å². The molecule has 0 spiro atoms. The number of aromatic nitrogens is 4. The van der Waals surface area contributed by atoms with E-state index in [-0.39, 0.29) is 32.6 Å². The van der Waals surface area contributed by atoms with Gasteiger partial charge in [-0.3, -0.25) is 4.79 Å². The summed E-state index contributed by atoms with van der Waals surface area (Å²) in [6, 6.07) is 12.2. The highest BCUT2D eigenvalue weighted by atomic mass is 35.5. The molecule has 8 nitrogen and oxygen atoms in total. The van der Waals surface area contributed by atoms with Crippen LogP contribution in [-0.4, -0.2) is 57.9 Å². The number of fused-ring (bicyclic) bond motifs is 1. The van der Waals surface area contributed by atoms with Crippen molar-refractivity contribution in [2.24, 2.45) is 0 Å². The van der Waals surface area contributed by atoms with E-state index >= 15 is 0 Å². The lowest BCUT2D eigenvalue weighted by Gasteiger charge is -2.34. The Balaban J connectivity index is 1.48. The molecule has 4 aromatic rings. The molecule has 0 unspecified atom stereocenters. The average molecular weight is 532 g/mol. The molecule has 1 aliphatic rings. The van der Waals surface area contributed by atoms with Crippen molar-refractivity contribution in [1.29, 1.82) is 0 Å². The van der Waals surface area contributed by atoms with Crippen LogP contribution in [0.15, 0.2) is 53.5 Å². The zero-order valence-corrected chi connectivity index (χ0v) is 20.6. The molecule has 1 fully saturated rings. The van der Waals surface area contributed by atoms with Crippen LogP contribution in [0.5, 0.6) is 0 Å². The quantitative estimate of drug-likeness (QED) is 0.391. The van der Waals surface area contributed by atoms with E-state index < -0.39 is 17.7 Å². The number of halogens is 4. The second-order valence-corrected chi connectivity index (χ2v) is 9.21. The first-order valence-electron chi connectivity index (χ1n) is 11.1. The van der Waals surface area contributed by atoms with Gasteiger partial charge in [-0.2, -0.15) is 9.78 Å². The summed E-state index contributed by atoms with van der Waals surface area (Å²) >= 11 is 12.4. The number of hydrogen-bond donors (Lipinski definition) is 1. The number of alkyl halides is 2. The standard InChI is InChI=1S/C24H21Cl2F2N7O/c1-33-9-11-34(12-10-33)15-7-5-14(6-8-15)30-24-29-13-16-19(31-24)20(22(27)28)32-35(23(16)36)21-17(25)3-2-4-18(21)26/h2-8,13,22H,9-12H2,1H3,(H,29,30,31). The van der Waals surface area contributed by atoms with E-state index in [9.17, 15) is 13.6 Å². The van der Waals surface area contributed by atoms with Gasteiger partial charge in [-0.05, 0) is 43.4 Å². The Labute approximate surface area is 215 Å². The summed E-state index contributed by atoms with van der Waals surface area (Å²) in [6.45, 7) is 3.88. The Morgan fingerprint density at radius 1 is 1.00 bits per heavy atom. The normalized spacial score (nSPS) is 14.6. The van der Waals surface area contributed by atoms with Gasteiger partial charge in [0, 0.05) is 43.8 Å². The van der Waals surface area contributed by atoms with Gasteiger partial charge in [-0.25, -0.2) is 18.7 Å². The molecule has 0 atom stereocenters. The Kier molecular flexibility index (Phi) is 6.74. The molecule has 2 aromatic heterocycles. The molecule has 1 aliphatic heterocycles. The number of rotatable bonds is 5. The van der Waals surface area contributed by atoms with Crippen LogP contribution in [0.1, 0.15) is 12.1 Å². The van der Waals surface area contributed by atoms with E-state index in [2.05, 4.69) is 37.2 Å². The lowest BCUT2D eigenvalue weighted by atomic mass is 10.2. The Morgan fingerprint density at radius 3 is 2.31 bits per heavy atom. The summed E-state index contributed by atoms with van der Waals surface area (Å²) < 4.78 is 28.8. The second-order valence-electron chi connectivity index (χ2n) is 8.39. The predicted octanol–water partition coefficient (Wildman–Crippen LogP) is 4.92. The molecular formula is C24H21Cl2F2N7O. The number of likely N-dealkylation sites (N-methyl/N-ethyl adjacent to an activating group) is 1. The van der Waals surface area contributed by atoms with Gasteiger partial charge in [0.1, 0.15) is 11.2 Å². The molecule has 0 saturated carbocycles. The second kappa shape index (κ2) is 9.96. The van der Waals surface area contributed by atoms with Crippen LogP contribution in [0.25, 0.3) is 16.6 Å². The molecule has 0 amide bonds. The molecule has 36 heavy (non-hydrogen) atoms. The third kappa shape index (κ3) is 4.71. The van der Waals surface area contributed by atoms with Gasteiger partial charge in [0.25, 0.3) is 12.0 Å². The van der Waals surface area contributed by atoms with Crippen LogP contribution < -0.4 is 15.8 Å². The summed E-state index contributed by atoms with van der Waals surface area (Å²) in [5.74, 6) is 0.0615. The first-order valence-corrected chi connectivity index (χ1v) is 11.9. The molecule has 0 bridgehead atoms.